The van der Waals surface area contributed by atoms with Gasteiger partial charge >= 0.3 is 25.8 Å². The molecule has 0 aromatic heterocycles. The normalized spacial score (nSPS) is 26.4. The van der Waals surface area contributed by atoms with E-state index in [2.05, 4.69) is 64.1 Å². The van der Waals surface area contributed by atoms with Gasteiger partial charge < -0.3 is 24.8 Å². The van der Waals surface area contributed by atoms with Crippen LogP contribution in [0.3, 0.4) is 0 Å². The summed E-state index contributed by atoms with van der Waals surface area (Å²) in [6, 6.07) is 13.5. The first-order valence-corrected chi connectivity index (χ1v) is 9.09. The Labute approximate surface area is 185 Å². The van der Waals surface area contributed by atoms with Crippen LogP contribution in [0.1, 0.15) is 99.3 Å². The first-order valence-electron chi connectivity index (χ1n) is 9.09. The van der Waals surface area contributed by atoms with Gasteiger partial charge in [-0.2, -0.15) is 46.5 Å². The Bertz CT molecular complexity index is 510. The van der Waals surface area contributed by atoms with Gasteiger partial charge in [-0.15, -0.1) is 0 Å². The molecular formula is C22H30Cl2Hf. The molecule has 0 radical (unpaired) electrons. The van der Waals surface area contributed by atoms with E-state index < -0.39 is 0 Å². The second kappa shape index (κ2) is 11.1. The minimum Gasteiger partial charge on any atom is -1.00 e. The van der Waals surface area contributed by atoms with Crippen LogP contribution in [0.15, 0.2) is 36.4 Å². The third-order valence-electron chi connectivity index (χ3n) is 5.96. The molecule has 0 bridgehead atoms. The molecule has 0 heterocycles. The number of hydrogen-bond acceptors (Lipinski definition) is 0. The molecule has 0 saturated heterocycles. The molecule has 0 fully saturated rings. The van der Waals surface area contributed by atoms with Crippen molar-refractivity contribution >= 4 is 0 Å². The summed E-state index contributed by atoms with van der Waals surface area (Å²) in [6.45, 7) is 9.35. The molecule has 0 saturated carbocycles. The largest absolute Gasteiger partial charge is 4.00 e. The maximum atomic E-state index is 2.34. The van der Waals surface area contributed by atoms with E-state index in [1.165, 1.54) is 25.7 Å². The molecule has 2 aromatic carbocycles. The van der Waals surface area contributed by atoms with Gasteiger partial charge in [0, 0.05) is 0 Å². The topological polar surface area (TPSA) is 0 Å². The minimum absolute atomic E-state index is 0. The molecule has 4 rings (SSSR count). The Kier molecular flexibility index (Phi) is 11.2. The maximum Gasteiger partial charge on any atom is 4.00 e. The Morgan fingerprint density at radius 2 is 0.960 bits per heavy atom. The molecule has 0 nitrogen and oxygen atoms in total. The summed E-state index contributed by atoms with van der Waals surface area (Å²) in [5.74, 6) is 3.21. The van der Waals surface area contributed by atoms with Gasteiger partial charge in [-0.3, -0.25) is 0 Å². The van der Waals surface area contributed by atoms with Gasteiger partial charge in [-0.25, -0.2) is 12.1 Å². The zero-order valence-electron chi connectivity index (χ0n) is 15.9. The van der Waals surface area contributed by atoms with Crippen molar-refractivity contribution in [2.75, 3.05) is 0 Å². The molecule has 0 amide bonds. The maximum absolute atomic E-state index is 2.34. The fourth-order valence-corrected chi connectivity index (χ4v) is 4.31. The predicted molar refractivity (Wildman–Crippen MR) is 96.2 cm³/mol. The van der Waals surface area contributed by atoms with Crippen molar-refractivity contribution in [3.8, 4) is 0 Å². The molecule has 4 atom stereocenters. The van der Waals surface area contributed by atoms with E-state index in [-0.39, 0.29) is 50.7 Å². The SMILES string of the molecule is CC1CCC(C)c2[cH-]ccc21.CC1CCC(C)c2[cH-]ccc21.[Cl-].[Cl-].[Hf+4]. The first-order chi connectivity index (χ1) is 10.6. The van der Waals surface area contributed by atoms with Crippen LogP contribution in [0.4, 0.5) is 0 Å². The molecule has 136 valence electrons. The van der Waals surface area contributed by atoms with Crippen LogP contribution >= 0.6 is 0 Å². The van der Waals surface area contributed by atoms with Crippen molar-refractivity contribution in [3.63, 3.8) is 0 Å². The summed E-state index contributed by atoms with van der Waals surface area (Å²) in [5.41, 5.74) is 6.40. The predicted octanol–water partition coefficient (Wildman–Crippen LogP) is 0.818. The van der Waals surface area contributed by atoms with Crippen molar-refractivity contribution in [2.45, 2.75) is 77.0 Å². The van der Waals surface area contributed by atoms with Gasteiger partial charge in [0.05, 0.1) is 0 Å². The number of halogens is 2. The summed E-state index contributed by atoms with van der Waals surface area (Å²) >= 11 is 0. The van der Waals surface area contributed by atoms with Gasteiger partial charge in [0.25, 0.3) is 0 Å². The van der Waals surface area contributed by atoms with Gasteiger partial charge in [0.2, 0.25) is 0 Å². The molecule has 0 N–H and O–H groups in total. The smallest absolute Gasteiger partial charge is 1.00 e. The van der Waals surface area contributed by atoms with Crippen molar-refractivity contribution < 1.29 is 50.7 Å². The van der Waals surface area contributed by atoms with Crippen LogP contribution < -0.4 is 24.8 Å². The summed E-state index contributed by atoms with van der Waals surface area (Å²) in [5, 5.41) is 0. The zero-order valence-corrected chi connectivity index (χ0v) is 21.0. The summed E-state index contributed by atoms with van der Waals surface area (Å²) in [6.07, 6.45) is 5.49. The fourth-order valence-electron chi connectivity index (χ4n) is 4.31. The molecule has 3 heteroatoms. The van der Waals surface area contributed by atoms with Gasteiger partial charge in [-0.1, -0.05) is 52.4 Å². The molecule has 0 spiro atoms. The molecule has 2 aliphatic rings. The summed E-state index contributed by atoms with van der Waals surface area (Å²) < 4.78 is 0. The number of hydrogen-bond donors (Lipinski definition) is 0. The quantitative estimate of drug-likeness (QED) is 0.341. The van der Waals surface area contributed by atoms with E-state index in [1.54, 1.807) is 22.3 Å². The first kappa shape index (κ1) is 25.2. The average molecular weight is 544 g/mol. The summed E-state index contributed by atoms with van der Waals surface area (Å²) in [4.78, 5) is 0. The van der Waals surface area contributed by atoms with Crippen LogP contribution in [0, 0.1) is 0 Å². The Morgan fingerprint density at radius 3 is 1.28 bits per heavy atom. The van der Waals surface area contributed by atoms with Gasteiger partial charge in [0.1, 0.15) is 0 Å². The van der Waals surface area contributed by atoms with E-state index in [9.17, 15) is 0 Å². The van der Waals surface area contributed by atoms with Crippen molar-refractivity contribution in [1.82, 2.24) is 0 Å². The molecular weight excluding hydrogens is 514 g/mol. The molecule has 2 aromatic rings. The Hall–Kier alpha value is 0.150. The molecule has 2 aliphatic carbocycles. The van der Waals surface area contributed by atoms with E-state index >= 15 is 0 Å². The van der Waals surface area contributed by atoms with Crippen LogP contribution in [0.2, 0.25) is 0 Å². The second-order valence-corrected chi connectivity index (χ2v) is 7.63. The zero-order chi connectivity index (χ0) is 15.7. The molecule has 25 heavy (non-hydrogen) atoms. The average Bonchev–Trinajstić information content (AvgIpc) is 3.17. The number of rotatable bonds is 0. The third kappa shape index (κ3) is 5.56. The molecule has 0 aliphatic heterocycles. The Morgan fingerprint density at radius 1 is 0.640 bits per heavy atom. The number of fused-ring (bicyclic) bond motifs is 2. The third-order valence-corrected chi connectivity index (χ3v) is 5.96. The summed E-state index contributed by atoms with van der Waals surface area (Å²) in [7, 11) is 0. The van der Waals surface area contributed by atoms with E-state index in [0.717, 1.165) is 23.7 Å². The minimum atomic E-state index is 0. The Balaban J connectivity index is 0.000000411. The second-order valence-electron chi connectivity index (χ2n) is 7.63. The van der Waals surface area contributed by atoms with Crippen molar-refractivity contribution in [2.24, 2.45) is 0 Å². The van der Waals surface area contributed by atoms with E-state index in [4.69, 9.17) is 0 Å². The van der Waals surface area contributed by atoms with Crippen LogP contribution in [-0.2, 0) is 25.8 Å². The van der Waals surface area contributed by atoms with Crippen LogP contribution in [0.25, 0.3) is 0 Å². The van der Waals surface area contributed by atoms with Crippen LogP contribution in [-0.4, -0.2) is 0 Å². The van der Waals surface area contributed by atoms with E-state index in [1.807, 2.05) is 0 Å². The fraction of sp³-hybridized carbons (Fsp3) is 0.545. The van der Waals surface area contributed by atoms with Gasteiger partial charge in [-0.05, 0) is 24.7 Å². The van der Waals surface area contributed by atoms with Crippen LogP contribution in [0.5, 0.6) is 0 Å². The monoisotopic (exact) mass is 544 g/mol. The molecule has 4 unspecified atom stereocenters. The van der Waals surface area contributed by atoms with Crippen molar-refractivity contribution in [1.29, 1.82) is 0 Å². The van der Waals surface area contributed by atoms with Gasteiger partial charge in [0.15, 0.2) is 0 Å². The van der Waals surface area contributed by atoms with E-state index in [0.29, 0.717) is 0 Å². The standard InChI is InChI=1S/2C11H15.2ClH.Hf/c2*1-8-6-7-9(2)11-5-3-4-10(8)11;;;/h2*3-5,8-9H,6-7H2,1-2H3;2*1H;/q2*-1;;;+4/p-2. The van der Waals surface area contributed by atoms with Crippen molar-refractivity contribution in [3.05, 3.63) is 58.7 Å².